The molecule has 0 spiro atoms. The molecule has 1 aromatic heterocycles. The number of aromatic nitrogens is 1. The Balaban J connectivity index is 2.01. The van der Waals surface area contributed by atoms with Gasteiger partial charge >= 0.3 is 5.97 Å². The second-order valence-corrected chi connectivity index (χ2v) is 5.77. The highest BCUT2D eigenvalue weighted by Crippen LogP contribution is 2.18. The van der Waals surface area contributed by atoms with Crippen LogP contribution in [0.3, 0.4) is 0 Å². The van der Waals surface area contributed by atoms with Crippen LogP contribution in [0, 0.1) is 5.92 Å². The van der Waals surface area contributed by atoms with Gasteiger partial charge in [-0.2, -0.15) is 0 Å². The van der Waals surface area contributed by atoms with E-state index >= 15 is 0 Å². The fraction of sp³-hybridized carbons (Fsp3) is 0.615. The van der Waals surface area contributed by atoms with E-state index in [1.807, 2.05) is 0 Å². The molecule has 2 heterocycles. The lowest BCUT2D eigenvalue weighted by Crippen LogP contribution is -2.48. The fourth-order valence-electron chi connectivity index (χ4n) is 2.23. The van der Waals surface area contributed by atoms with Crippen molar-refractivity contribution in [2.24, 2.45) is 5.92 Å². The maximum Gasteiger partial charge on any atom is 0.326 e. The first kappa shape index (κ1) is 15.9. The van der Waals surface area contributed by atoms with Crippen LogP contribution in [-0.4, -0.2) is 48.3 Å². The standard InChI is InChI=1S/C13H18N2O5S/c1-19-6-10-14-9(7-21-10)12(16)15-11(13(17)18)8-3-2-4-20-5-8/h7-8,11H,2-6H2,1H3,(H,15,16)(H,17,18). The molecule has 0 aliphatic carbocycles. The number of carboxylic acid groups (broad SMARTS) is 1. The molecule has 7 nitrogen and oxygen atoms in total. The van der Waals surface area contributed by atoms with Crippen LogP contribution in [0.15, 0.2) is 5.38 Å². The maximum absolute atomic E-state index is 12.1. The smallest absolute Gasteiger partial charge is 0.326 e. The number of nitrogens with zero attached hydrogens (tertiary/aromatic N) is 1. The number of methoxy groups -OCH3 is 1. The molecule has 1 fully saturated rings. The monoisotopic (exact) mass is 314 g/mol. The van der Waals surface area contributed by atoms with Gasteiger partial charge in [-0.25, -0.2) is 9.78 Å². The molecule has 2 unspecified atom stereocenters. The van der Waals surface area contributed by atoms with Crippen molar-refractivity contribution < 1.29 is 24.2 Å². The van der Waals surface area contributed by atoms with Crippen LogP contribution in [0.25, 0.3) is 0 Å². The summed E-state index contributed by atoms with van der Waals surface area (Å²) >= 11 is 1.30. The minimum Gasteiger partial charge on any atom is -0.480 e. The molecule has 1 amide bonds. The number of carbonyl (C=O) groups is 2. The Morgan fingerprint density at radius 3 is 3.10 bits per heavy atom. The van der Waals surface area contributed by atoms with Crippen LogP contribution in [0.2, 0.25) is 0 Å². The second-order valence-electron chi connectivity index (χ2n) is 4.83. The first-order chi connectivity index (χ1) is 10.1. The number of nitrogens with one attached hydrogen (secondary N) is 1. The highest BCUT2D eigenvalue weighted by atomic mass is 32.1. The molecule has 0 aromatic carbocycles. The van der Waals surface area contributed by atoms with Crippen LogP contribution in [0.1, 0.15) is 28.3 Å². The SMILES string of the molecule is COCc1nc(C(=O)NC(C(=O)O)C2CCCOC2)cs1. The van der Waals surface area contributed by atoms with Crippen LogP contribution >= 0.6 is 11.3 Å². The van der Waals surface area contributed by atoms with E-state index in [-0.39, 0.29) is 11.6 Å². The van der Waals surface area contributed by atoms with Gasteiger partial charge in [-0.15, -0.1) is 11.3 Å². The number of amides is 1. The number of aliphatic carboxylic acids is 1. The summed E-state index contributed by atoms with van der Waals surface area (Å²) in [4.78, 5) is 27.6. The third-order valence-electron chi connectivity index (χ3n) is 3.27. The average Bonchev–Trinajstić information content (AvgIpc) is 2.94. The van der Waals surface area contributed by atoms with Crippen molar-refractivity contribution in [1.82, 2.24) is 10.3 Å². The molecule has 0 radical (unpaired) electrons. The molecule has 2 atom stereocenters. The molecule has 0 bridgehead atoms. The van der Waals surface area contributed by atoms with Gasteiger partial charge in [0, 0.05) is 25.0 Å². The van der Waals surface area contributed by atoms with Gasteiger partial charge in [0.05, 0.1) is 13.2 Å². The Morgan fingerprint density at radius 1 is 1.67 bits per heavy atom. The highest BCUT2D eigenvalue weighted by molar-refractivity contribution is 7.09. The largest absolute Gasteiger partial charge is 0.480 e. The van der Waals surface area contributed by atoms with Crippen molar-refractivity contribution in [3.8, 4) is 0 Å². The van der Waals surface area contributed by atoms with Gasteiger partial charge in [-0.1, -0.05) is 0 Å². The fourth-order valence-corrected chi connectivity index (χ4v) is 2.97. The summed E-state index contributed by atoms with van der Waals surface area (Å²) in [6.07, 6.45) is 1.53. The summed E-state index contributed by atoms with van der Waals surface area (Å²) in [6, 6.07) is -0.953. The molecule has 2 N–H and O–H groups in total. The Morgan fingerprint density at radius 2 is 2.48 bits per heavy atom. The zero-order chi connectivity index (χ0) is 15.2. The molecule has 0 saturated carbocycles. The molecule has 8 heteroatoms. The van der Waals surface area contributed by atoms with E-state index < -0.39 is 17.9 Å². The second kappa shape index (κ2) is 7.48. The van der Waals surface area contributed by atoms with E-state index in [4.69, 9.17) is 9.47 Å². The van der Waals surface area contributed by atoms with Gasteiger partial charge in [0.2, 0.25) is 0 Å². The maximum atomic E-state index is 12.1. The zero-order valence-electron chi connectivity index (χ0n) is 11.7. The number of hydrogen-bond acceptors (Lipinski definition) is 6. The third-order valence-corrected chi connectivity index (χ3v) is 4.09. The van der Waals surface area contributed by atoms with Crippen LogP contribution in [0.4, 0.5) is 0 Å². The Kier molecular flexibility index (Phi) is 5.66. The molecule has 2 rings (SSSR count). The number of hydrogen-bond donors (Lipinski definition) is 2. The predicted octanol–water partition coefficient (Wildman–Crippen LogP) is 0.899. The summed E-state index contributed by atoms with van der Waals surface area (Å²) in [5.41, 5.74) is 0.218. The molecular formula is C13H18N2O5S. The molecule has 116 valence electrons. The minimum absolute atomic E-state index is 0.211. The Hall–Kier alpha value is -1.51. The molecule has 21 heavy (non-hydrogen) atoms. The van der Waals surface area contributed by atoms with E-state index in [0.29, 0.717) is 24.8 Å². The van der Waals surface area contributed by atoms with Gasteiger partial charge in [0.1, 0.15) is 16.7 Å². The van der Waals surface area contributed by atoms with E-state index in [0.717, 1.165) is 12.8 Å². The topological polar surface area (TPSA) is 97.8 Å². The number of thiazole rings is 1. The lowest BCUT2D eigenvalue weighted by molar-refractivity contribution is -0.142. The number of ether oxygens (including phenoxy) is 2. The van der Waals surface area contributed by atoms with Gasteiger partial charge in [0.15, 0.2) is 0 Å². The van der Waals surface area contributed by atoms with Gasteiger partial charge in [0.25, 0.3) is 5.91 Å². The van der Waals surface area contributed by atoms with E-state index in [1.54, 1.807) is 12.5 Å². The minimum atomic E-state index is -1.05. The third kappa shape index (κ3) is 4.23. The van der Waals surface area contributed by atoms with E-state index in [9.17, 15) is 14.7 Å². The van der Waals surface area contributed by atoms with Crippen LogP contribution < -0.4 is 5.32 Å². The number of carboxylic acids is 1. The number of rotatable bonds is 6. The molecule has 1 aromatic rings. The van der Waals surface area contributed by atoms with Crippen molar-refractivity contribution in [2.75, 3.05) is 20.3 Å². The van der Waals surface area contributed by atoms with Crippen molar-refractivity contribution in [1.29, 1.82) is 0 Å². The van der Waals surface area contributed by atoms with Gasteiger partial charge in [-0.3, -0.25) is 4.79 Å². The first-order valence-corrected chi connectivity index (χ1v) is 7.54. The van der Waals surface area contributed by atoms with Crippen molar-refractivity contribution in [3.63, 3.8) is 0 Å². The molecule has 1 aliphatic heterocycles. The van der Waals surface area contributed by atoms with Gasteiger partial charge in [-0.05, 0) is 12.8 Å². The lowest BCUT2D eigenvalue weighted by atomic mass is 9.93. The van der Waals surface area contributed by atoms with Crippen LogP contribution in [0.5, 0.6) is 0 Å². The average molecular weight is 314 g/mol. The van der Waals surface area contributed by atoms with Crippen molar-refractivity contribution in [3.05, 3.63) is 16.1 Å². The Bertz CT molecular complexity index is 499. The molecular weight excluding hydrogens is 296 g/mol. The molecule has 1 saturated heterocycles. The van der Waals surface area contributed by atoms with E-state index in [2.05, 4.69) is 10.3 Å². The summed E-state index contributed by atoms with van der Waals surface area (Å²) in [7, 11) is 1.55. The molecule has 1 aliphatic rings. The summed E-state index contributed by atoms with van der Waals surface area (Å²) in [5.74, 6) is -1.74. The van der Waals surface area contributed by atoms with E-state index in [1.165, 1.54) is 11.3 Å². The summed E-state index contributed by atoms with van der Waals surface area (Å²) in [5, 5.41) is 14.1. The quantitative estimate of drug-likeness (QED) is 0.809. The zero-order valence-corrected chi connectivity index (χ0v) is 12.5. The summed E-state index contributed by atoms with van der Waals surface area (Å²) < 4.78 is 10.2. The first-order valence-electron chi connectivity index (χ1n) is 6.66. The van der Waals surface area contributed by atoms with Gasteiger partial charge < -0.3 is 19.9 Å². The Labute approximate surface area is 126 Å². The predicted molar refractivity (Wildman–Crippen MR) is 75.3 cm³/mol. The number of carbonyl (C=O) groups excluding carboxylic acids is 1. The van der Waals surface area contributed by atoms with Crippen molar-refractivity contribution >= 4 is 23.2 Å². The summed E-state index contributed by atoms with van der Waals surface area (Å²) in [6.45, 7) is 1.32. The highest BCUT2D eigenvalue weighted by Gasteiger charge is 2.32. The lowest BCUT2D eigenvalue weighted by Gasteiger charge is -2.27. The normalized spacial score (nSPS) is 20.0. The van der Waals surface area contributed by atoms with Crippen molar-refractivity contribution in [2.45, 2.75) is 25.5 Å². The van der Waals surface area contributed by atoms with Crippen LogP contribution in [-0.2, 0) is 20.9 Å².